The van der Waals surface area contributed by atoms with Crippen molar-refractivity contribution in [3.05, 3.63) is 86.2 Å². The van der Waals surface area contributed by atoms with Crippen LogP contribution in [0.15, 0.2) is 59.5 Å². The van der Waals surface area contributed by atoms with E-state index in [-0.39, 0.29) is 23.2 Å². The summed E-state index contributed by atoms with van der Waals surface area (Å²) in [5, 5.41) is 11.4. The highest BCUT2D eigenvalue weighted by Gasteiger charge is 2.19. The number of aromatic amines is 1. The van der Waals surface area contributed by atoms with Gasteiger partial charge in [0, 0.05) is 42.3 Å². The third-order valence-electron chi connectivity index (χ3n) is 4.18. The second-order valence-electron chi connectivity index (χ2n) is 5.82. The lowest BCUT2D eigenvalue weighted by atomic mass is 10.1. The highest BCUT2D eigenvalue weighted by molar-refractivity contribution is 5.97. The lowest BCUT2D eigenvalue weighted by Crippen LogP contribution is -2.33. The number of H-pyrrole nitrogens is 1. The molecule has 0 aliphatic heterocycles. The maximum Gasteiger partial charge on any atom is 0.269 e. The van der Waals surface area contributed by atoms with Crippen molar-refractivity contribution in [3.63, 3.8) is 0 Å². The van der Waals surface area contributed by atoms with Crippen molar-refractivity contribution in [2.75, 3.05) is 6.54 Å². The third kappa shape index (κ3) is 3.32. The molecule has 1 heterocycles. The predicted octanol–water partition coefficient (Wildman–Crippen LogP) is 3.10. The lowest BCUT2D eigenvalue weighted by molar-refractivity contribution is -0.384. The molecule has 0 radical (unpaired) electrons. The fourth-order valence-corrected chi connectivity index (χ4v) is 2.81. The highest BCUT2D eigenvalue weighted by Crippen LogP contribution is 2.16. The predicted molar refractivity (Wildman–Crippen MR) is 98.1 cm³/mol. The molecule has 0 unspecified atom stereocenters. The van der Waals surface area contributed by atoms with Gasteiger partial charge in [-0.3, -0.25) is 19.7 Å². The van der Waals surface area contributed by atoms with E-state index in [2.05, 4.69) is 4.98 Å². The molecule has 0 aliphatic rings. The minimum atomic E-state index is -0.477. The molecule has 7 nitrogen and oxygen atoms in total. The van der Waals surface area contributed by atoms with Gasteiger partial charge in [0.25, 0.3) is 11.6 Å². The van der Waals surface area contributed by atoms with Crippen molar-refractivity contribution in [2.45, 2.75) is 13.5 Å². The fourth-order valence-electron chi connectivity index (χ4n) is 2.81. The molecule has 0 atom stereocenters. The van der Waals surface area contributed by atoms with Crippen LogP contribution in [0.4, 0.5) is 5.69 Å². The van der Waals surface area contributed by atoms with Gasteiger partial charge in [0.05, 0.1) is 4.92 Å². The number of carbonyl (C=O) groups excluding carboxylic acids is 1. The molecule has 0 fully saturated rings. The van der Waals surface area contributed by atoms with Crippen LogP contribution >= 0.6 is 0 Å². The van der Waals surface area contributed by atoms with Crippen LogP contribution in [0.1, 0.15) is 22.8 Å². The summed E-state index contributed by atoms with van der Waals surface area (Å²) < 4.78 is 0. The molecule has 0 saturated carbocycles. The van der Waals surface area contributed by atoms with Gasteiger partial charge in [0.2, 0.25) is 5.43 Å². The number of rotatable bonds is 5. The quantitative estimate of drug-likeness (QED) is 0.564. The number of non-ortho nitro benzene ring substituents is 1. The Kier molecular flexibility index (Phi) is 4.79. The van der Waals surface area contributed by atoms with Gasteiger partial charge in [0.15, 0.2) is 0 Å². The normalized spacial score (nSPS) is 10.7. The number of fused-ring (bicyclic) bond motifs is 1. The number of nitrogens with one attached hydrogen (secondary N) is 1. The summed E-state index contributed by atoms with van der Waals surface area (Å²) in [7, 11) is 0. The molecule has 1 aromatic heterocycles. The average Bonchev–Trinajstić information content (AvgIpc) is 2.66. The Morgan fingerprint density at radius 2 is 1.96 bits per heavy atom. The van der Waals surface area contributed by atoms with E-state index in [1.165, 1.54) is 23.2 Å². The van der Waals surface area contributed by atoms with Crippen LogP contribution in [-0.4, -0.2) is 27.3 Å². The maximum atomic E-state index is 12.8. The van der Waals surface area contributed by atoms with Gasteiger partial charge in [-0.25, -0.2) is 0 Å². The first-order valence-corrected chi connectivity index (χ1v) is 8.14. The van der Waals surface area contributed by atoms with E-state index in [4.69, 9.17) is 0 Å². The van der Waals surface area contributed by atoms with Gasteiger partial charge >= 0.3 is 0 Å². The molecule has 0 bridgehead atoms. The second kappa shape index (κ2) is 7.18. The van der Waals surface area contributed by atoms with Gasteiger partial charge in [-0.05, 0) is 24.6 Å². The first-order valence-electron chi connectivity index (χ1n) is 8.14. The molecule has 7 heteroatoms. The van der Waals surface area contributed by atoms with Crippen LogP contribution in [-0.2, 0) is 6.54 Å². The number of hydrogen-bond acceptors (Lipinski definition) is 4. The number of carbonyl (C=O) groups is 1. The number of nitro groups is 1. The topological polar surface area (TPSA) is 96.3 Å². The zero-order chi connectivity index (χ0) is 18.7. The molecule has 1 N–H and O–H groups in total. The van der Waals surface area contributed by atoms with Crippen molar-refractivity contribution in [1.29, 1.82) is 0 Å². The van der Waals surface area contributed by atoms with Gasteiger partial charge in [-0.2, -0.15) is 0 Å². The first-order chi connectivity index (χ1) is 12.5. The van der Waals surface area contributed by atoms with Crippen LogP contribution in [0.2, 0.25) is 0 Å². The van der Waals surface area contributed by atoms with E-state index in [1.807, 2.05) is 0 Å². The molecule has 0 spiro atoms. The van der Waals surface area contributed by atoms with Gasteiger partial charge in [-0.15, -0.1) is 0 Å². The van der Waals surface area contributed by atoms with Crippen LogP contribution in [0, 0.1) is 10.1 Å². The van der Waals surface area contributed by atoms with Crippen molar-refractivity contribution >= 4 is 22.5 Å². The largest absolute Gasteiger partial charge is 0.360 e. The number of benzene rings is 2. The van der Waals surface area contributed by atoms with Crippen LogP contribution in [0.5, 0.6) is 0 Å². The van der Waals surface area contributed by atoms with Crippen LogP contribution in [0.25, 0.3) is 10.9 Å². The molecule has 3 aromatic rings. The van der Waals surface area contributed by atoms with E-state index in [9.17, 15) is 19.7 Å². The first kappa shape index (κ1) is 17.3. The molecule has 2 aromatic carbocycles. The molecule has 1 amide bonds. The summed E-state index contributed by atoms with van der Waals surface area (Å²) in [5.74, 6) is -0.411. The standard InChI is InChI=1S/C19H17N3O4/c1-2-21(12-13-6-5-7-14(10-13)22(25)26)19(24)16-11-20-17-9-4-3-8-15(17)18(16)23/h3-11H,2,12H2,1H3,(H,20,23). The molecular weight excluding hydrogens is 334 g/mol. The maximum absolute atomic E-state index is 12.8. The van der Waals surface area contributed by atoms with Crippen molar-refractivity contribution < 1.29 is 9.72 Å². The van der Waals surface area contributed by atoms with Gasteiger partial charge < -0.3 is 9.88 Å². The van der Waals surface area contributed by atoms with E-state index < -0.39 is 10.8 Å². The minimum Gasteiger partial charge on any atom is -0.360 e. The van der Waals surface area contributed by atoms with E-state index in [0.29, 0.717) is 23.0 Å². The Bertz CT molecular complexity index is 1040. The molecule has 132 valence electrons. The van der Waals surface area contributed by atoms with Crippen LogP contribution in [0.3, 0.4) is 0 Å². The van der Waals surface area contributed by atoms with Crippen molar-refractivity contribution in [2.24, 2.45) is 0 Å². The number of nitrogens with zero attached hydrogens (tertiary/aromatic N) is 2. The number of pyridine rings is 1. The van der Waals surface area contributed by atoms with Crippen molar-refractivity contribution in [3.8, 4) is 0 Å². The van der Waals surface area contributed by atoms with Crippen molar-refractivity contribution in [1.82, 2.24) is 9.88 Å². The average molecular weight is 351 g/mol. The fraction of sp³-hybridized carbons (Fsp3) is 0.158. The molecule has 3 rings (SSSR count). The summed E-state index contributed by atoms with van der Waals surface area (Å²) in [6.07, 6.45) is 1.42. The Labute approximate surface area is 149 Å². The zero-order valence-electron chi connectivity index (χ0n) is 14.1. The summed E-state index contributed by atoms with van der Waals surface area (Å²) in [6.45, 7) is 2.35. The van der Waals surface area contributed by atoms with E-state index in [1.54, 1.807) is 43.3 Å². The van der Waals surface area contributed by atoms with Gasteiger partial charge in [0.1, 0.15) is 5.56 Å². The molecule has 0 saturated heterocycles. The second-order valence-corrected chi connectivity index (χ2v) is 5.82. The summed E-state index contributed by atoms with van der Waals surface area (Å²) >= 11 is 0. The molecular formula is C19H17N3O4. The minimum absolute atomic E-state index is 0.0328. The Balaban J connectivity index is 1.92. The van der Waals surface area contributed by atoms with Gasteiger partial charge in [-0.1, -0.05) is 24.3 Å². The zero-order valence-corrected chi connectivity index (χ0v) is 14.1. The van der Waals surface area contributed by atoms with E-state index in [0.717, 1.165) is 0 Å². The lowest BCUT2D eigenvalue weighted by Gasteiger charge is -2.21. The third-order valence-corrected chi connectivity index (χ3v) is 4.18. The molecule has 26 heavy (non-hydrogen) atoms. The van der Waals surface area contributed by atoms with E-state index >= 15 is 0 Å². The summed E-state index contributed by atoms with van der Waals surface area (Å²) in [6, 6.07) is 13.1. The highest BCUT2D eigenvalue weighted by atomic mass is 16.6. The Morgan fingerprint density at radius 3 is 2.69 bits per heavy atom. The summed E-state index contributed by atoms with van der Waals surface area (Å²) in [4.78, 5) is 40.4. The molecule has 0 aliphatic carbocycles. The number of nitro benzene ring substituents is 1. The summed E-state index contributed by atoms with van der Waals surface area (Å²) in [5.41, 5.74) is 0.981. The monoisotopic (exact) mass is 351 g/mol. The Morgan fingerprint density at radius 1 is 1.19 bits per heavy atom. The SMILES string of the molecule is CCN(Cc1cccc([N+](=O)[O-])c1)C(=O)c1c[nH]c2ccccc2c1=O. The Hall–Kier alpha value is -3.48. The number of amides is 1. The smallest absolute Gasteiger partial charge is 0.269 e. The number of hydrogen-bond donors (Lipinski definition) is 1. The van der Waals surface area contributed by atoms with Crippen LogP contribution < -0.4 is 5.43 Å². The number of aromatic nitrogens is 1. The number of para-hydroxylation sites is 1.